The second-order valence-electron chi connectivity index (χ2n) is 4.01. The summed E-state index contributed by atoms with van der Waals surface area (Å²) in [5, 5.41) is 18.6. The lowest BCUT2D eigenvalue weighted by Crippen LogP contribution is -2.01. The Balaban J connectivity index is 2.14. The summed E-state index contributed by atoms with van der Waals surface area (Å²) in [5.74, 6) is 0.123. The first-order valence-corrected chi connectivity index (χ1v) is 5.62. The molecule has 3 aromatic rings. The maximum Gasteiger partial charge on any atom is 0.143 e. The number of phenols is 1. The molecule has 0 fully saturated rings. The second-order valence-corrected chi connectivity index (χ2v) is 4.01. The predicted octanol–water partition coefficient (Wildman–Crippen LogP) is 1.58. The van der Waals surface area contributed by atoms with E-state index in [1.807, 2.05) is 30.3 Å². The van der Waals surface area contributed by atoms with Crippen molar-refractivity contribution in [3.63, 3.8) is 0 Å². The van der Waals surface area contributed by atoms with Crippen molar-refractivity contribution in [1.29, 1.82) is 0 Å². The van der Waals surface area contributed by atoms with Crippen molar-refractivity contribution in [2.45, 2.75) is 6.54 Å². The first kappa shape index (κ1) is 10.7. The molecule has 1 aromatic heterocycles. The Labute approximate surface area is 103 Å². The van der Waals surface area contributed by atoms with Crippen LogP contribution in [-0.2, 0) is 6.54 Å². The monoisotopic (exact) mass is 240 g/mol. The fourth-order valence-corrected chi connectivity index (χ4v) is 1.83. The zero-order chi connectivity index (χ0) is 12.5. The van der Waals surface area contributed by atoms with Crippen molar-refractivity contribution in [3.8, 4) is 11.4 Å². The molecule has 5 nitrogen and oxygen atoms in total. The van der Waals surface area contributed by atoms with Gasteiger partial charge in [0, 0.05) is 6.54 Å². The van der Waals surface area contributed by atoms with Gasteiger partial charge >= 0.3 is 0 Å². The standard InChI is InChI=1S/C13H12N4O/c14-8-9-5-6-12(13(18)7-9)17-15-10-3-1-2-4-11(10)16-17/h1-7,18H,8,14H2. The summed E-state index contributed by atoms with van der Waals surface area (Å²) >= 11 is 0. The lowest BCUT2D eigenvalue weighted by atomic mass is 10.2. The number of fused-ring (bicyclic) bond motifs is 1. The number of hydrogen-bond donors (Lipinski definition) is 2. The fraction of sp³-hybridized carbons (Fsp3) is 0.0769. The van der Waals surface area contributed by atoms with Gasteiger partial charge in [0.05, 0.1) is 0 Å². The van der Waals surface area contributed by atoms with Gasteiger partial charge in [0.25, 0.3) is 0 Å². The Morgan fingerprint density at radius 2 is 1.72 bits per heavy atom. The average molecular weight is 240 g/mol. The van der Waals surface area contributed by atoms with Crippen LogP contribution in [0.3, 0.4) is 0 Å². The van der Waals surface area contributed by atoms with E-state index in [-0.39, 0.29) is 5.75 Å². The average Bonchev–Trinajstić information content (AvgIpc) is 2.81. The fourth-order valence-electron chi connectivity index (χ4n) is 1.83. The highest BCUT2D eigenvalue weighted by Crippen LogP contribution is 2.22. The van der Waals surface area contributed by atoms with Crippen molar-refractivity contribution in [2.24, 2.45) is 5.73 Å². The predicted molar refractivity (Wildman–Crippen MR) is 68.4 cm³/mol. The van der Waals surface area contributed by atoms with Crippen LogP contribution < -0.4 is 5.73 Å². The van der Waals surface area contributed by atoms with Gasteiger partial charge in [-0.1, -0.05) is 18.2 Å². The zero-order valence-electron chi connectivity index (χ0n) is 9.61. The molecule has 0 aliphatic carbocycles. The molecule has 0 spiro atoms. The minimum absolute atomic E-state index is 0.123. The highest BCUT2D eigenvalue weighted by Gasteiger charge is 2.08. The molecular weight excluding hydrogens is 228 g/mol. The first-order valence-electron chi connectivity index (χ1n) is 5.62. The quantitative estimate of drug-likeness (QED) is 0.713. The molecule has 0 atom stereocenters. The minimum atomic E-state index is 0.123. The van der Waals surface area contributed by atoms with E-state index in [1.54, 1.807) is 12.1 Å². The largest absolute Gasteiger partial charge is 0.506 e. The Hall–Kier alpha value is -2.40. The van der Waals surface area contributed by atoms with Gasteiger partial charge in [0.1, 0.15) is 22.5 Å². The van der Waals surface area contributed by atoms with E-state index in [0.717, 1.165) is 16.6 Å². The molecule has 90 valence electrons. The van der Waals surface area contributed by atoms with E-state index in [0.29, 0.717) is 12.2 Å². The molecule has 3 rings (SSSR count). The molecule has 0 radical (unpaired) electrons. The molecule has 0 unspecified atom stereocenters. The molecule has 0 amide bonds. The number of phenolic OH excluding ortho intramolecular Hbond substituents is 1. The normalized spacial score (nSPS) is 10.9. The Kier molecular flexibility index (Phi) is 2.46. The van der Waals surface area contributed by atoms with E-state index in [2.05, 4.69) is 10.2 Å². The van der Waals surface area contributed by atoms with Gasteiger partial charge in [-0.25, -0.2) is 0 Å². The smallest absolute Gasteiger partial charge is 0.143 e. The second kappa shape index (κ2) is 4.12. The molecule has 18 heavy (non-hydrogen) atoms. The van der Waals surface area contributed by atoms with Crippen LogP contribution in [0.25, 0.3) is 16.7 Å². The molecule has 0 saturated carbocycles. The molecule has 3 N–H and O–H groups in total. The summed E-state index contributed by atoms with van der Waals surface area (Å²) in [6.45, 7) is 0.391. The van der Waals surface area contributed by atoms with Crippen LogP contribution >= 0.6 is 0 Å². The van der Waals surface area contributed by atoms with Crippen molar-refractivity contribution in [2.75, 3.05) is 0 Å². The number of benzene rings is 2. The van der Waals surface area contributed by atoms with Gasteiger partial charge in [-0.15, -0.1) is 15.0 Å². The van der Waals surface area contributed by atoms with Crippen LogP contribution in [0.15, 0.2) is 42.5 Å². The van der Waals surface area contributed by atoms with Crippen LogP contribution in [0.1, 0.15) is 5.56 Å². The molecule has 1 heterocycles. The van der Waals surface area contributed by atoms with Gasteiger partial charge in [0.2, 0.25) is 0 Å². The van der Waals surface area contributed by atoms with Crippen molar-refractivity contribution < 1.29 is 5.11 Å². The third kappa shape index (κ3) is 1.70. The highest BCUT2D eigenvalue weighted by molar-refractivity contribution is 5.73. The van der Waals surface area contributed by atoms with Crippen LogP contribution in [0.2, 0.25) is 0 Å². The topological polar surface area (TPSA) is 77.0 Å². The van der Waals surface area contributed by atoms with Crippen molar-refractivity contribution >= 4 is 11.0 Å². The van der Waals surface area contributed by atoms with Gasteiger partial charge in [-0.2, -0.15) is 0 Å². The number of aromatic nitrogens is 3. The summed E-state index contributed by atoms with van der Waals surface area (Å²) in [4.78, 5) is 1.43. The van der Waals surface area contributed by atoms with Crippen LogP contribution in [0.4, 0.5) is 0 Å². The summed E-state index contributed by atoms with van der Waals surface area (Å²) in [6.07, 6.45) is 0. The zero-order valence-corrected chi connectivity index (χ0v) is 9.61. The SMILES string of the molecule is NCc1ccc(-n2nc3ccccc3n2)c(O)c1. The maximum absolute atomic E-state index is 9.94. The van der Waals surface area contributed by atoms with E-state index in [4.69, 9.17) is 5.73 Å². The summed E-state index contributed by atoms with van der Waals surface area (Å²) in [5.41, 5.74) is 8.52. The van der Waals surface area contributed by atoms with Gasteiger partial charge in [-0.05, 0) is 29.8 Å². The number of rotatable bonds is 2. The third-order valence-electron chi connectivity index (χ3n) is 2.78. The van der Waals surface area contributed by atoms with Gasteiger partial charge < -0.3 is 10.8 Å². The Morgan fingerprint density at radius 1 is 1.06 bits per heavy atom. The van der Waals surface area contributed by atoms with E-state index >= 15 is 0 Å². The molecule has 0 saturated heterocycles. The molecular formula is C13H12N4O. The number of aromatic hydroxyl groups is 1. The van der Waals surface area contributed by atoms with E-state index in [1.165, 1.54) is 4.80 Å². The van der Waals surface area contributed by atoms with Crippen LogP contribution in [0, 0.1) is 0 Å². The Morgan fingerprint density at radius 3 is 2.28 bits per heavy atom. The van der Waals surface area contributed by atoms with Crippen LogP contribution in [-0.4, -0.2) is 20.1 Å². The molecule has 5 heteroatoms. The minimum Gasteiger partial charge on any atom is -0.506 e. The number of hydrogen-bond acceptors (Lipinski definition) is 4. The van der Waals surface area contributed by atoms with E-state index in [9.17, 15) is 5.11 Å². The van der Waals surface area contributed by atoms with Crippen molar-refractivity contribution in [3.05, 3.63) is 48.0 Å². The lowest BCUT2D eigenvalue weighted by Gasteiger charge is -2.04. The molecule has 0 bridgehead atoms. The first-order chi connectivity index (χ1) is 8.78. The highest BCUT2D eigenvalue weighted by atomic mass is 16.3. The maximum atomic E-state index is 9.94. The summed E-state index contributed by atoms with van der Waals surface area (Å²) in [6, 6.07) is 12.8. The molecule has 0 aliphatic heterocycles. The van der Waals surface area contributed by atoms with Crippen LogP contribution in [0.5, 0.6) is 5.75 Å². The molecule has 2 aromatic carbocycles. The summed E-state index contributed by atoms with van der Waals surface area (Å²) in [7, 11) is 0. The van der Waals surface area contributed by atoms with Gasteiger partial charge in [-0.3, -0.25) is 0 Å². The molecule has 0 aliphatic rings. The summed E-state index contributed by atoms with van der Waals surface area (Å²) < 4.78 is 0. The Bertz CT molecular complexity index is 672. The van der Waals surface area contributed by atoms with E-state index < -0.39 is 0 Å². The van der Waals surface area contributed by atoms with Gasteiger partial charge in [0.15, 0.2) is 0 Å². The number of nitrogens with two attached hydrogens (primary N) is 1. The van der Waals surface area contributed by atoms with Crippen molar-refractivity contribution in [1.82, 2.24) is 15.0 Å². The third-order valence-corrected chi connectivity index (χ3v) is 2.78. The lowest BCUT2D eigenvalue weighted by molar-refractivity contribution is 0.467. The number of nitrogens with zero attached hydrogens (tertiary/aromatic N) is 3.